The van der Waals surface area contributed by atoms with Crippen molar-refractivity contribution in [3.05, 3.63) is 52.7 Å². The van der Waals surface area contributed by atoms with Crippen molar-refractivity contribution < 1.29 is 17.6 Å². The summed E-state index contributed by atoms with van der Waals surface area (Å²) in [5, 5.41) is 0.893. The molecule has 5 nitrogen and oxygen atoms in total. The average molecular weight is 350 g/mol. The number of sulfonamides is 1. The molecule has 1 aromatic carbocycles. The van der Waals surface area contributed by atoms with Crippen LogP contribution < -0.4 is 4.72 Å². The lowest BCUT2D eigenvalue weighted by atomic mass is 10.0. The quantitative estimate of drug-likeness (QED) is 0.901. The number of carbonyl (C=O) groups is 1. The summed E-state index contributed by atoms with van der Waals surface area (Å²) in [7, 11) is -3.45. The van der Waals surface area contributed by atoms with Crippen molar-refractivity contribution in [3.63, 3.8) is 0 Å². The standard InChI is InChI=1S/C17H19FN2O3S/c1-2-24(22,23)19-16-5-7-20(8-6-16)17(21)14-9-12-3-4-15(18)11-13(12)10-14/h2-4,10-11,16,19H,1,5-9H2. The Labute approximate surface area is 140 Å². The van der Waals surface area contributed by atoms with Gasteiger partial charge in [0, 0.05) is 36.5 Å². The molecule has 0 spiro atoms. The second-order valence-corrected chi connectivity index (χ2v) is 7.74. The Hall–Kier alpha value is -1.99. The fraction of sp³-hybridized carbons (Fsp3) is 0.353. The van der Waals surface area contributed by atoms with E-state index in [4.69, 9.17) is 0 Å². The van der Waals surface area contributed by atoms with Gasteiger partial charge in [-0.3, -0.25) is 4.79 Å². The Morgan fingerprint density at radius 2 is 2.04 bits per heavy atom. The van der Waals surface area contributed by atoms with Crippen LogP contribution in [0.4, 0.5) is 4.39 Å². The van der Waals surface area contributed by atoms with Crippen LogP contribution in [0.15, 0.2) is 35.8 Å². The second kappa shape index (κ2) is 6.49. The summed E-state index contributed by atoms with van der Waals surface area (Å²) in [6.45, 7) is 4.25. The number of amides is 1. The summed E-state index contributed by atoms with van der Waals surface area (Å²) < 4.78 is 38.8. The highest BCUT2D eigenvalue weighted by Crippen LogP contribution is 2.27. The van der Waals surface area contributed by atoms with Gasteiger partial charge in [-0.15, -0.1) is 0 Å². The molecule has 1 amide bonds. The van der Waals surface area contributed by atoms with Gasteiger partial charge in [-0.2, -0.15) is 0 Å². The highest BCUT2D eigenvalue weighted by Gasteiger charge is 2.28. The van der Waals surface area contributed by atoms with Crippen LogP contribution >= 0.6 is 0 Å². The van der Waals surface area contributed by atoms with E-state index in [1.807, 2.05) is 0 Å². The molecule has 24 heavy (non-hydrogen) atoms. The lowest BCUT2D eigenvalue weighted by Gasteiger charge is -2.32. The van der Waals surface area contributed by atoms with Gasteiger partial charge in [0.25, 0.3) is 0 Å². The van der Waals surface area contributed by atoms with Crippen molar-refractivity contribution in [2.24, 2.45) is 0 Å². The van der Waals surface area contributed by atoms with E-state index in [2.05, 4.69) is 11.3 Å². The van der Waals surface area contributed by atoms with E-state index in [-0.39, 0.29) is 17.8 Å². The second-order valence-electron chi connectivity index (χ2n) is 6.09. The van der Waals surface area contributed by atoms with E-state index in [1.54, 1.807) is 17.0 Å². The molecule has 0 saturated carbocycles. The summed E-state index contributed by atoms with van der Waals surface area (Å²) in [5.74, 6) is -0.370. The number of hydrogen-bond donors (Lipinski definition) is 1. The molecule has 1 heterocycles. The molecule has 0 unspecified atom stereocenters. The molecule has 1 aromatic rings. The molecular weight excluding hydrogens is 331 g/mol. The maximum absolute atomic E-state index is 13.3. The van der Waals surface area contributed by atoms with Gasteiger partial charge < -0.3 is 4.90 Å². The topological polar surface area (TPSA) is 66.5 Å². The molecule has 0 atom stereocenters. The minimum Gasteiger partial charge on any atom is -0.339 e. The SMILES string of the molecule is C=CS(=O)(=O)NC1CCN(C(=O)C2=Cc3cc(F)ccc3C2)CC1. The summed E-state index contributed by atoms with van der Waals surface area (Å²) >= 11 is 0. The van der Waals surface area contributed by atoms with Crippen LogP contribution in [0.1, 0.15) is 24.0 Å². The van der Waals surface area contributed by atoms with Crippen molar-refractivity contribution in [1.29, 1.82) is 0 Å². The van der Waals surface area contributed by atoms with Crippen LogP contribution in [0.5, 0.6) is 0 Å². The number of nitrogens with one attached hydrogen (secondary N) is 1. The zero-order chi connectivity index (χ0) is 17.3. The van der Waals surface area contributed by atoms with E-state index in [1.165, 1.54) is 12.1 Å². The summed E-state index contributed by atoms with van der Waals surface area (Å²) in [4.78, 5) is 14.3. The number of benzene rings is 1. The molecule has 1 aliphatic carbocycles. The van der Waals surface area contributed by atoms with E-state index >= 15 is 0 Å². The lowest BCUT2D eigenvalue weighted by molar-refractivity contribution is -0.128. The van der Waals surface area contributed by atoms with Crippen molar-refractivity contribution in [1.82, 2.24) is 9.62 Å². The predicted molar refractivity (Wildman–Crippen MR) is 89.9 cm³/mol. The molecular formula is C17H19FN2O3S. The van der Waals surface area contributed by atoms with Gasteiger partial charge in [-0.05, 0) is 42.2 Å². The Kier molecular flexibility index (Phi) is 4.56. The number of halogens is 1. The van der Waals surface area contributed by atoms with E-state index in [9.17, 15) is 17.6 Å². The number of hydrogen-bond acceptors (Lipinski definition) is 3. The molecule has 0 bridgehead atoms. The third-order valence-electron chi connectivity index (χ3n) is 4.43. The Morgan fingerprint density at radius 1 is 1.33 bits per heavy atom. The van der Waals surface area contributed by atoms with Gasteiger partial charge in [-0.1, -0.05) is 12.6 Å². The van der Waals surface area contributed by atoms with Crippen molar-refractivity contribution in [3.8, 4) is 0 Å². The van der Waals surface area contributed by atoms with E-state index in [0.717, 1.165) is 16.5 Å². The predicted octanol–water partition coefficient (Wildman–Crippen LogP) is 1.82. The van der Waals surface area contributed by atoms with Gasteiger partial charge >= 0.3 is 0 Å². The van der Waals surface area contributed by atoms with Crippen molar-refractivity contribution in [2.75, 3.05) is 13.1 Å². The number of fused-ring (bicyclic) bond motifs is 1. The maximum Gasteiger partial charge on any atom is 0.250 e. The van der Waals surface area contributed by atoms with Crippen LogP contribution in [0.3, 0.4) is 0 Å². The van der Waals surface area contributed by atoms with Crippen LogP contribution in [0, 0.1) is 5.82 Å². The summed E-state index contributed by atoms with van der Waals surface area (Å²) in [6.07, 6.45) is 3.38. The van der Waals surface area contributed by atoms with Gasteiger partial charge in [0.2, 0.25) is 15.9 Å². The van der Waals surface area contributed by atoms with E-state index < -0.39 is 10.0 Å². The highest BCUT2D eigenvalue weighted by molar-refractivity contribution is 7.92. The number of nitrogens with zero attached hydrogens (tertiary/aromatic N) is 1. The molecule has 3 rings (SSSR count). The first-order valence-corrected chi connectivity index (χ1v) is 9.35. The molecule has 0 radical (unpaired) electrons. The Balaban J connectivity index is 1.61. The van der Waals surface area contributed by atoms with Crippen molar-refractivity contribution in [2.45, 2.75) is 25.3 Å². The molecule has 0 aromatic heterocycles. The normalized spacial score (nSPS) is 18.2. The minimum atomic E-state index is -3.45. The van der Waals surface area contributed by atoms with Gasteiger partial charge in [0.05, 0.1) is 0 Å². The fourth-order valence-corrected chi connectivity index (χ4v) is 3.92. The monoisotopic (exact) mass is 350 g/mol. The first-order valence-electron chi connectivity index (χ1n) is 7.81. The third-order valence-corrected chi connectivity index (χ3v) is 5.53. The van der Waals surface area contributed by atoms with Crippen LogP contribution in [0.25, 0.3) is 6.08 Å². The largest absolute Gasteiger partial charge is 0.339 e. The smallest absolute Gasteiger partial charge is 0.250 e. The number of rotatable bonds is 4. The maximum atomic E-state index is 13.3. The summed E-state index contributed by atoms with van der Waals surface area (Å²) in [6, 6.07) is 4.36. The molecule has 1 aliphatic heterocycles. The zero-order valence-electron chi connectivity index (χ0n) is 13.2. The number of piperidine rings is 1. The van der Waals surface area contributed by atoms with Gasteiger partial charge in [0.1, 0.15) is 5.82 Å². The van der Waals surface area contributed by atoms with Gasteiger partial charge in [-0.25, -0.2) is 17.5 Å². The zero-order valence-corrected chi connectivity index (χ0v) is 14.0. The molecule has 7 heteroatoms. The third kappa shape index (κ3) is 3.57. The lowest BCUT2D eigenvalue weighted by Crippen LogP contribution is -2.46. The molecule has 1 N–H and O–H groups in total. The molecule has 128 valence electrons. The first-order chi connectivity index (χ1) is 11.4. The number of likely N-dealkylation sites (tertiary alicyclic amines) is 1. The molecule has 1 fully saturated rings. The highest BCUT2D eigenvalue weighted by atomic mass is 32.2. The fourth-order valence-electron chi connectivity index (χ4n) is 3.13. The van der Waals surface area contributed by atoms with Crippen LogP contribution in [0.2, 0.25) is 0 Å². The van der Waals surface area contributed by atoms with Crippen molar-refractivity contribution >= 4 is 22.0 Å². The summed E-state index contributed by atoms with van der Waals surface area (Å²) in [5.41, 5.74) is 2.36. The molecule has 1 saturated heterocycles. The average Bonchev–Trinajstić information content (AvgIpc) is 2.97. The van der Waals surface area contributed by atoms with E-state index in [0.29, 0.717) is 37.9 Å². The Bertz CT molecular complexity index is 809. The van der Waals surface area contributed by atoms with Gasteiger partial charge in [0.15, 0.2) is 0 Å². The van der Waals surface area contributed by atoms with Crippen LogP contribution in [-0.2, 0) is 21.2 Å². The minimum absolute atomic E-state index is 0.0587. The first kappa shape index (κ1) is 16.9. The molecule has 2 aliphatic rings. The Morgan fingerprint density at radius 3 is 2.71 bits per heavy atom. The van der Waals surface area contributed by atoms with Crippen LogP contribution in [-0.4, -0.2) is 38.4 Å². The number of carbonyl (C=O) groups excluding carboxylic acids is 1.